The standard InChI is InChI=1S/C14H20N2O4/c1-4-16(8-9(2)14(18)19)13(17)11-6-5-10(15)7-12(11)20-3/h5-7,9H,4,8,15H2,1-3H3,(H,18,19). The van der Waals surface area contributed by atoms with Crippen LogP contribution in [0.4, 0.5) is 5.69 Å². The molecular weight excluding hydrogens is 260 g/mol. The van der Waals surface area contributed by atoms with E-state index in [9.17, 15) is 9.59 Å². The smallest absolute Gasteiger partial charge is 0.308 e. The Morgan fingerprint density at radius 1 is 1.45 bits per heavy atom. The van der Waals surface area contributed by atoms with Crippen molar-refractivity contribution in [1.82, 2.24) is 4.90 Å². The van der Waals surface area contributed by atoms with Crippen molar-refractivity contribution < 1.29 is 19.4 Å². The highest BCUT2D eigenvalue weighted by Gasteiger charge is 2.22. The van der Waals surface area contributed by atoms with E-state index in [2.05, 4.69) is 0 Å². The number of hydrogen-bond acceptors (Lipinski definition) is 4. The van der Waals surface area contributed by atoms with Gasteiger partial charge in [-0.25, -0.2) is 0 Å². The Labute approximate surface area is 118 Å². The van der Waals surface area contributed by atoms with Crippen LogP contribution in [0.3, 0.4) is 0 Å². The van der Waals surface area contributed by atoms with Gasteiger partial charge in [-0.05, 0) is 19.1 Å². The van der Waals surface area contributed by atoms with Gasteiger partial charge in [0.05, 0.1) is 18.6 Å². The second kappa shape index (κ2) is 6.79. The van der Waals surface area contributed by atoms with Gasteiger partial charge < -0.3 is 20.5 Å². The van der Waals surface area contributed by atoms with Gasteiger partial charge in [-0.1, -0.05) is 6.92 Å². The molecule has 0 aliphatic carbocycles. The zero-order valence-corrected chi connectivity index (χ0v) is 11.9. The summed E-state index contributed by atoms with van der Waals surface area (Å²) in [5.74, 6) is -1.44. The lowest BCUT2D eigenvalue weighted by atomic mass is 10.1. The van der Waals surface area contributed by atoms with Gasteiger partial charge in [-0.15, -0.1) is 0 Å². The van der Waals surface area contributed by atoms with E-state index >= 15 is 0 Å². The number of nitrogens with two attached hydrogens (primary N) is 1. The minimum atomic E-state index is -0.930. The summed E-state index contributed by atoms with van der Waals surface area (Å²) in [5.41, 5.74) is 6.53. The number of methoxy groups -OCH3 is 1. The maximum absolute atomic E-state index is 12.4. The first kappa shape index (κ1) is 15.8. The number of ether oxygens (including phenoxy) is 1. The van der Waals surface area contributed by atoms with Gasteiger partial charge in [0.15, 0.2) is 0 Å². The average molecular weight is 280 g/mol. The van der Waals surface area contributed by atoms with Gasteiger partial charge in [0.25, 0.3) is 5.91 Å². The molecule has 1 aromatic rings. The Morgan fingerprint density at radius 2 is 2.10 bits per heavy atom. The molecule has 0 saturated heterocycles. The van der Waals surface area contributed by atoms with E-state index in [0.717, 1.165) is 0 Å². The molecule has 0 radical (unpaired) electrons. The van der Waals surface area contributed by atoms with E-state index in [4.69, 9.17) is 15.6 Å². The molecule has 110 valence electrons. The van der Waals surface area contributed by atoms with Crippen LogP contribution in [-0.2, 0) is 4.79 Å². The van der Waals surface area contributed by atoms with Gasteiger partial charge in [-0.3, -0.25) is 9.59 Å². The third kappa shape index (κ3) is 3.63. The lowest BCUT2D eigenvalue weighted by Crippen LogP contribution is -2.36. The number of aliphatic carboxylic acids is 1. The first-order chi connectivity index (χ1) is 9.40. The molecule has 0 aromatic heterocycles. The number of carbonyl (C=O) groups is 2. The fourth-order valence-corrected chi connectivity index (χ4v) is 1.82. The minimum Gasteiger partial charge on any atom is -0.496 e. The molecule has 20 heavy (non-hydrogen) atoms. The number of hydrogen-bond donors (Lipinski definition) is 2. The summed E-state index contributed by atoms with van der Waals surface area (Å²) in [6.45, 7) is 3.94. The predicted octanol–water partition coefficient (Wildman–Crippen LogP) is 1.46. The van der Waals surface area contributed by atoms with Crippen molar-refractivity contribution in [1.29, 1.82) is 0 Å². The number of benzene rings is 1. The highest BCUT2D eigenvalue weighted by Crippen LogP contribution is 2.23. The highest BCUT2D eigenvalue weighted by molar-refractivity contribution is 5.97. The molecule has 0 aliphatic rings. The second-order valence-corrected chi connectivity index (χ2v) is 4.54. The maximum atomic E-state index is 12.4. The quantitative estimate of drug-likeness (QED) is 0.769. The summed E-state index contributed by atoms with van der Waals surface area (Å²) in [6.07, 6.45) is 0. The summed E-state index contributed by atoms with van der Waals surface area (Å²) in [5, 5.41) is 8.94. The molecule has 0 fully saturated rings. The molecule has 1 aromatic carbocycles. The van der Waals surface area contributed by atoms with Gasteiger partial charge in [0.1, 0.15) is 5.75 Å². The zero-order valence-electron chi connectivity index (χ0n) is 11.9. The lowest BCUT2D eigenvalue weighted by Gasteiger charge is -2.23. The van der Waals surface area contributed by atoms with Crippen molar-refractivity contribution in [3.63, 3.8) is 0 Å². The number of rotatable bonds is 6. The number of amides is 1. The van der Waals surface area contributed by atoms with E-state index in [0.29, 0.717) is 23.5 Å². The minimum absolute atomic E-state index is 0.151. The molecule has 0 spiro atoms. The molecule has 0 bridgehead atoms. The summed E-state index contributed by atoms with van der Waals surface area (Å²) in [4.78, 5) is 24.8. The number of carboxylic acid groups (broad SMARTS) is 1. The topological polar surface area (TPSA) is 92.9 Å². The van der Waals surface area contributed by atoms with E-state index in [1.807, 2.05) is 0 Å². The molecular formula is C14H20N2O4. The second-order valence-electron chi connectivity index (χ2n) is 4.54. The Hall–Kier alpha value is -2.24. The van der Waals surface area contributed by atoms with Gasteiger partial charge in [-0.2, -0.15) is 0 Å². The molecule has 6 nitrogen and oxygen atoms in total. The number of nitrogen functional groups attached to an aromatic ring is 1. The molecule has 1 unspecified atom stereocenters. The molecule has 0 saturated carbocycles. The molecule has 1 amide bonds. The van der Waals surface area contributed by atoms with Crippen molar-refractivity contribution in [3.8, 4) is 5.75 Å². The summed E-state index contributed by atoms with van der Waals surface area (Å²) in [7, 11) is 1.46. The molecule has 6 heteroatoms. The van der Waals surface area contributed by atoms with Gasteiger partial charge in [0, 0.05) is 24.8 Å². The van der Waals surface area contributed by atoms with Crippen molar-refractivity contribution in [2.75, 3.05) is 25.9 Å². The number of carbonyl (C=O) groups excluding carboxylic acids is 1. The summed E-state index contributed by atoms with van der Waals surface area (Å²) >= 11 is 0. The molecule has 1 rings (SSSR count). The fraction of sp³-hybridized carbons (Fsp3) is 0.429. The first-order valence-corrected chi connectivity index (χ1v) is 6.36. The molecule has 3 N–H and O–H groups in total. The molecule has 0 aliphatic heterocycles. The van der Waals surface area contributed by atoms with E-state index in [1.165, 1.54) is 12.0 Å². The van der Waals surface area contributed by atoms with Crippen LogP contribution in [0.1, 0.15) is 24.2 Å². The average Bonchev–Trinajstić information content (AvgIpc) is 2.43. The summed E-state index contributed by atoms with van der Waals surface area (Å²) < 4.78 is 5.15. The Morgan fingerprint density at radius 3 is 2.60 bits per heavy atom. The number of anilines is 1. The monoisotopic (exact) mass is 280 g/mol. The lowest BCUT2D eigenvalue weighted by molar-refractivity contribution is -0.141. The van der Waals surface area contributed by atoms with Crippen LogP contribution in [0, 0.1) is 5.92 Å². The highest BCUT2D eigenvalue weighted by atomic mass is 16.5. The van der Waals surface area contributed by atoms with E-state index < -0.39 is 11.9 Å². The number of carboxylic acids is 1. The summed E-state index contributed by atoms with van der Waals surface area (Å²) in [6, 6.07) is 4.77. The van der Waals surface area contributed by atoms with Crippen LogP contribution in [0.25, 0.3) is 0 Å². The normalized spacial score (nSPS) is 11.8. The Bertz CT molecular complexity index is 502. The van der Waals surface area contributed by atoms with Gasteiger partial charge >= 0.3 is 5.97 Å². The van der Waals surface area contributed by atoms with Crippen LogP contribution in [0.2, 0.25) is 0 Å². The van der Waals surface area contributed by atoms with Crippen molar-refractivity contribution in [2.24, 2.45) is 5.92 Å². The van der Waals surface area contributed by atoms with Crippen molar-refractivity contribution in [2.45, 2.75) is 13.8 Å². The first-order valence-electron chi connectivity index (χ1n) is 6.36. The van der Waals surface area contributed by atoms with Crippen LogP contribution < -0.4 is 10.5 Å². The van der Waals surface area contributed by atoms with E-state index in [1.54, 1.807) is 32.0 Å². The molecule has 0 heterocycles. The SMILES string of the molecule is CCN(CC(C)C(=O)O)C(=O)c1ccc(N)cc1OC. The number of nitrogens with zero attached hydrogens (tertiary/aromatic N) is 1. The maximum Gasteiger partial charge on any atom is 0.308 e. The molecule has 1 atom stereocenters. The largest absolute Gasteiger partial charge is 0.496 e. The van der Waals surface area contributed by atoms with Gasteiger partial charge in [0.2, 0.25) is 0 Å². The predicted molar refractivity (Wildman–Crippen MR) is 75.8 cm³/mol. The zero-order chi connectivity index (χ0) is 15.3. The van der Waals surface area contributed by atoms with Crippen LogP contribution in [-0.4, -0.2) is 42.1 Å². The third-order valence-corrected chi connectivity index (χ3v) is 3.04. The Balaban J connectivity index is 2.99. The van der Waals surface area contributed by atoms with Crippen LogP contribution in [0.5, 0.6) is 5.75 Å². The van der Waals surface area contributed by atoms with Crippen LogP contribution in [0.15, 0.2) is 18.2 Å². The third-order valence-electron chi connectivity index (χ3n) is 3.04. The Kier molecular flexibility index (Phi) is 5.37. The van der Waals surface area contributed by atoms with Crippen LogP contribution >= 0.6 is 0 Å². The van der Waals surface area contributed by atoms with Crippen molar-refractivity contribution >= 4 is 17.6 Å². The fourth-order valence-electron chi connectivity index (χ4n) is 1.82. The van der Waals surface area contributed by atoms with E-state index in [-0.39, 0.29) is 12.5 Å². The van der Waals surface area contributed by atoms with Crippen molar-refractivity contribution in [3.05, 3.63) is 23.8 Å².